The lowest BCUT2D eigenvalue weighted by Gasteiger charge is -2.33. The van der Waals surface area contributed by atoms with E-state index in [4.69, 9.17) is 5.73 Å². The van der Waals surface area contributed by atoms with Crippen LogP contribution >= 0.6 is 0 Å². The first-order chi connectivity index (χ1) is 23.9. The average Bonchev–Trinajstić information content (AvgIpc) is 3.38. The van der Waals surface area contributed by atoms with E-state index in [2.05, 4.69) is 164 Å². The molecule has 0 radical (unpaired) electrons. The third-order valence-electron chi connectivity index (χ3n) is 10.2. The zero-order valence-corrected chi connectivity index (χ0v) is 28.2. The maximum absolute atomic E-state index is 6.34. The summed E-state index contributed by atoms with van der Waals surface area (Å²) < 4.78 is 0. The maximum Gasteiger partial charge on any atom is 0.104 e. The second-order valence-corrected chi connectivity index (χ2v) is 13.7. The SMILES string of the molecule is C/C=C\C=C(/N)c1ccc(C2C=C(c3cccc(-c4cccc5c4-c4cc6ccccc6cc4C5(C)C)c3)NC(c3ccccc3)N2)cc1. The van der Waals surface area contributed by atoms with Gasteiger partial charge in [-0.25, -0.2) is 0 Å². The number of nitrogens with two attached hydrogens (primary N) is 1. The van der Waals surface area contributed by atoms with Gasteiger partial charge in [-0.05, 0) is 104 Å². The molecule has 1 aliphatic carbocycles. The van der Waals surface area contributed by atoms with Crippen molar-refractivity contribution in [3.05, 3.63) is 191 Å². The Morgan fingerprint density at radius 3 is 2.16 bits per heavy atom. The molecule has 0 bridgehead atoms. The Balaban J connectivity index is 1.21. The quantitative estimate of drug-likeness (QED) is 0.160. The van der Waals surface area contributed by atoms with Gasteiger partial charge in [-0.1, -0.05) is 141 Å². The molecule has 6 aromatic carbocycles. The molecule has 1 heterocycles. The number of rotatable bonds is 6. The van der Waals surface area contributed by atoms with Crippen LogP contribution in [0.5, 0.6) is 0 Å². The monoisotopic (exact) mass is 635 g/mol. The highest BCUT2D eigenvalue weighted by atomic mass is 15.2. The molecule has 2 unspecified atom stereocenters. The van der Waals surface area contributed by atoms with Gasteiger partial charge >= 0.3 is 0 Å². The van der Waals surface area contributed by atoms with Crippen molar-refractivity contribution in [2.45, 2.75) is 38.4 Å². The van der Waals surface area contributed by atoms with Gasteiger partial charge < -0.3 is 11.1 Å². The lowest BCUT2D eigenvalue weighted by molar-refractivity contribution is 0.442. The molecule has 49 heavy (non-hydrogen) atoms. The van der Waals surface area contributed by atoms with Crippen molar-refractivity contribution in [3.8, 4) is 22.3 Å². The lowest BCUT2D eigenvalue weighted by Crippen LogP contribution is -2.39. The van der Waals surface area contributed by atoms with Gasteiger partial charge in [-0.15, -0.1) is 0 Å². The second kappa shape index (κ2) is 12.4. The summed E-state index contributed by atoms with van der Waals surface area (Å²) in [5.41, 5.74) is 20.6. The summed E-state index contributed by atoms with van der Waals surface area (Å²) in [7, 11) is 0. The topological polar surface area (TPSA) is 50.1 Å². The minimum Gasteiger partial charge on any atom is -0.398 e. The molecule has 0 saturated carbocycles. The van der Waals surface area contributed by atoms with Crippen molar-refractivity contribution < 1.29 is 0 Å². The Bertz CT molecular complexity index is 2270. The normalized spacial score (nSPS) is 18.2. The van der Waals surface area contributed by atoms with Crippen LogP contribution in [0.2, 0.25) is 0 Å². The molecule has 2 aliphatic rings. The minimum absolute atomic E-state index is 0.00170. The zero-order chi connectivity index (χ0) is 33.5. The highest BCUT2D eigenvalue weighted by molar-refractivity contribution is 5.98. The first-order valence-corrected chi connectivity index (χ1v) is 17.2. The van der Waals surface area contributed by atoms with Gasteiger partial charge in [-0.2, -0.15) is 0 Å². The van der Waals surface area contributed by atoms with Crippen molar-refractivity contribution in [2.24, 2.45) is 5.73 Å². The second-order valence-electron chi connectivity index (χ2n) is 13.7. The van der Waals surface area contributed by atoms with Crippen molar-refractivity contribution >= 4 is 22.2 Å². The van der Waals surface area contributed by atoms with E-state index >= 15 is 0 Å². The molecule has 0 amide bonds. The smallest absolute Gasteiger partial charge is 0.104 e. The van der Waals surface area contributed by atoms with Crippen LogP contribution < -0.4 is 16.4 Å². The van der Waals surface area contributed by atoms with Gasteiger partial charge in [0.25, 0.3) is 0 Å². The largest absolute Gasteiger partial charge is 0.398 e. The van der Waals surface area contributed by atoms with Crippen molar-refractivity contribution in [3.63, 3.8) is 0 Å². The number of fused-ring (bicyclic) bond motifs is 4. The minimum atomic E-state index is -0.0831. The lowest BCUT2D eigenvalue weighted by atomic mass is 9.81. The van der Waals surface area contributed by atoms with Crippen LogP contribution in [-0.2, 0) is 5.41 Å². The molecule has 0 spiro atoms. The van der Waals surface area contributed by atoms with E-state index in [0.29, 0.717) is 0 Å². The fourth-order valence-electron chi connectivity index (χ4n) is 7.58. The molecular weight excluding hydrogens is 595 g/mol. The van der Waals surface area contributed by atoms with Crippen LogP contribution in [0, 0.1) is 0 Å². The molecule has 4 N–H and O–H groups in total. The van der Waals surface area contributed by atoms with Crippen LogP contribution in [0.15, 0.2) is 158 Å². The summed E-state index contributed by atoms with van der Waals surface area (Å²) >= 11 is 0. The van der Waals surface area contributed by atoms with Gasteiger partial charge in [0.2, 0.25) is 0 Å². The Kier molecular flexibility index (Phi) is 7.78. The first-order valence-electron chi connectivity index (χ1n) is 17.2. The summed E-state index contributed by atoms with van der Waals surface area (Å²) in [5.74, 6) is 0. The van der Waals surface area contributed by atoms with Crippen LogP contribution in [0.1, 0.15) is 66.4 Å². The predicted octanol–water partition coefficient (Wildman–Crippen LogP) is 10.7. The number of allylic oxidation sites excluding steroid dienone is 3. The number of benzene rings is 6. The van der Waals surface area contributed by atoms with Crippen LogP contribution in [0.4, 0.5) is 0 Å². The Morgan fingerprint density at radius 1 is 0.673 bits per heavy atom. The van der Waals surface area contributed by atoms with E-state index in [-0.39, 0.29) is 17.6 Å². The van der Waals surface area contributed by atoms with E-state index in [0.717, 1.165) is 22.5 Å². The molecule has 240 valence electrons. The van der Waals surface area contributed by atoms with Gasteiger partial charge in [0.05, 0.1) is 6.04 Å². The van der Waals surface area contributed by atoms with Crippen molar-refractivity contribution in [1.82, 2.24) is 10.6 Å². The summed E-state index contributed by atoms with van der Waals surface area (Å²) in [6.45, 7) is 6.71. The molecule has 8 rings (SSSR count). The first kappa shape index (κ1) is 30.7. The van der Waals surface area contributed by atoms with E-state index < -0.39 is 0 Å². The average molecular weight is 636 g/mol. The number of hydrogen-bond acceptors (Lipinski definition) is 3. The highest BCUT2D eigenvalue weighted by Crippen LogP contribution is 2.53. The van der Waals surface area contributed by atoms with Crippen molar-refractivity contribution in [2.75, 3.05) is 0 Å². The molecule has 1 aliphatic heterocycles. The van der Waals surface area contributed by atoms with Crippen LogP contribution in [0.3, 0.4) is 0 Å². The standard InChI is InChI=1S/C46H41N3/c1-4-5-21-41(47)30-22-24-31(25-23-30)42-29-43(49-45(48-42)32-13-7-6-8-14-32)36-18-11-17-35(26-36)37-19-12-20-39-44(37)38-27-33-15-9-10-16-34(33)28-40(38)46(39,2)3/h4-29,42,45,48-49H,47H2,1-3H3/b5-4-,41-21-. The molecule has 0 aromatic heterocycles. The summed E-state index contributed by atoms with van der Waals surface area (Å²) in [4.78, 5) is 0. The molecule has 2 atom stereocenters. The predicted molar refractivity (Wildman–Crippen MR) is 207 cm³/mol. The Morgan fingerprint density at radius 2 is 1.39 bits per heavy atom. The Labute approximate surface area is 289 Å². The summed E-state index contributed by atoms with van der Waals surface area (Å²) in [5, 5.41) is 10.2. The van der Waals surface area contributed by atoms with E-state index in [1.165, 1.54) is 55.3 Å². The van der Waals surface area contributed by atoms with E-state index in [9.17, 15) is 0 Å². The van der Waals surface area contributed by atoms with Crippen molar-refractivity contribution in [1.29, 1.82) is 0 Å². The van der Waals surface area contributed by atoms with Crippen LogP contribution in [0.25, 0.3) is 44.4 Å². The van der Waals surface area contributed by atoms with Gasteiger partial charge in [-0.3, -0.25) is 5.32 Å². The van der Waals surface area contributed by atoms with E-state index in [1.54, 1.807) is 0 Å². The Hall–Kier alpha value is -5.64. The summed E-state index contributed by atoms with van der Waals surface area (Å²) in [6.07, 6.45) is 8.15. The molecule has 6 aromatic rings. The number of nitrogens with one attached hydrogen (secondary N) is 2. The maximum atomic E-state index is 6.34. The highest BCUT2D eigenvalue weighted by Gasteiger charge is 2.37. The van der Waals surface area contributed by atoms with E-state index in [1.807, 2.05) is 25.2 Å². The fourth-order valence-corrected chi connectivity index (χ4v) is 7.58. The van der Waals surface area contributed by atoms with Gasteiger partial charge in [0, 0.05) is 16.8 Å². The molecule has 3 nitrogen and oxygen atoms in total. The molecular formula is C46H41N3. The third kappa shape index (κ3) is 5.56. The fraction of sp³-hybridized carbons (Fsp3) is 0.130. The molecule has 3 heteroatoms. The van der Waals surface area contributed by atoms with Crippen LogP contribution in [-0.4, -0.2) is 0 Å². The molecule has 0 fully saturated rings. The van der Waals surface area contributed by atoms with Gasteiger partial charge in [0.1, 0.15) is 6.17 Å². The van der Waals surface area contributed by atoms with Gasteiger partial charge in [0.15, 0.2) is 0 Å². The zero-order valence-electron chi connectivity index (χ0n) is 28.2. The molecule has 0 saturated heterocycles. The third-order valence-corrected chi connectivity index (χ3v) is 10.2. The number of hydrogen-bond donors (Lipinski definition) is 3. The summed E-state index contributed by atoms with van der Waals surface area (Å²) in [6, 6.07) is 48.5.